The van der Waals surface area contributed by atoms with Gasteiger partial charge in [-0.25, -0.2) is 0 Å². The van der Waals surface area contributed by atoms with Crippen LogP contribution in [0.2, 0.25) is 5.04 Å². The Labute approximate surface area is 90.9 Å². The quantitative estimate of drug-likeness (QED) is 0.514. The maximum absolute atomic E-state index is 6.10. The van der Waals surface area contributed by atoms with Crippen LogP contribution in [0.15, 0.2) is 11.6 Å². The molecule has 0 aromatic heterocycles. The molecule has 2 heteroatoms. The van der Waals surface area contributed by atoms with Gasteiger partial charge < -0.3 is 4.43 Å². The summed E-state index contributed by atoms with van der Waals surface area (Å²) < 4.78 is 6.10. The summed E-state index contributed by atoms with van der Waals surface area (Å²) in [5, 5.41) is 0.419. The fourth-order valence-electron chi connectivity index (χ4n) is 1.42. The van der Waals surface area contributed by atoms with Crippen LogP contribution in [0.4, 0.5) is 0 Å². The molecule has 0 spiro atoms. The van der Waals surface area contributed by atoms with E-state index in [1.807, 2.05) is 0 Å². The molecule has 0 aromatic carbocycles. The van der Waals surface area contributed by atoms with Crippen LogP contribution in [-0.4, -0.2) is 15.9 Å². The van der Waals surface area contributed by atoms with Crippen LogP contribution in [0.5, 0.6) is 0 Å². The second-order valence-corrected chi connectivity index (χ2v) is 8.66. The standard InChI is InChI=1S/C12H24OSi/c1-9(2)8-11(10-6-7-10)13-14-12(3,4)5/h8,10-11H,6-7,14H2,1-5H3/t11-/m0/s1. The first-order chi connectivity index (χ1) is 6.38. The summed E-state index contributed by atoms with van der Waals surface area (Å²) in [7, 11) is -0.388. The Bertz CT molecular complexity index is 207. The Kier molecular flexibility index (Phi) is 3.96. The van der Waals surface area contributed by atoms with Crippen molar-refractivity contribution in [1.29, 1.82) is 0 Å². The normalized spacial score (nSPS) is 20.1. The zero-order chi connectivity index (χ0) is 10.8. The van der Waals surface area contributed by atoms with E-state index < -0.39 is 0 Å². The highest BCUT2D eigenvalue weighted by atomic mass is 28.2. The van der Waals surface area contributed by atoms with E-state index in [4.69, 9.17) is 4.43 Å². The van der Waals surface area contributed by atoms with Crippen molar-refractivity contribution in [3.63, 3.8) is 0 Å². The lowest BCUT2D eigenvalue weighted by molar-refractivity contribution is 0.227. The van der Waals surface area contributed by atoms with E-state index in [0.29, 0.717) is 11.1 Å². The summed E-state index contributed by atoms with van der Waals surface area (Å²) in [5.74, 6) is 0.833. The van der Waals surface area contributed by atoms with Gasteiger partial charge in [0.15, 0.2) is 9.76 Å². The van der Waals surface area contributed by atoms with Gasteiger partial charge in [0.1, 0.15) is 0 Å². The van der Waals surface area contributed by atoms with Crippen molar-refractivity contribution >= 4 is 9.76 Å². The van der Waals surface area contributed by atoms with Crippen LogP contribution in [0, 0.1) is 5.92 Å². The molecule has 0 saturated heterocycles. The summed E-state index contributed by atoms with van der Waals surface area (Å²) >= 11 is 0. The number of hydrogen-bond donors (Lipinski definition) is 0. The minimum Gasteiger partial charge on any atom is -0.417 e. The lowest BCUT2D eigenvalue weighted by atomic mass is 10.2. The second-order valence-electron chi connectivity index (χ2n) is 5.92. The molecule has 1 aliphatic carbocycles. The van der Waals surface area contributed by atoms with Crippen LogP contribution >= 0.6 is 0 Å². The largest absolute Gasteiger partial charge is 0.417 e. The SMILES string of the molecule is CC(C)=C[C@H](O[SiH2]C(C)(C)C)C1CC1. The summed E-state index contributed by atoms with van der Waals surface area (Å²) in [4.78, 5) is 0. The van der Waals surface area contributed by atoms with E-state index in [1.54, 1.807) is 0 Å². The molecular weight excluding hydrogens is 188 g/mol. The molecule has 1 rings (SSSR count). The fraction of sp³-hybridized carbons (Fsp3) is 0.833. The number of hydrogen-bond acceptors (Lipinski definition) is 1. The van der Waals surface area contributed by atoms with Crippen molar-refractivity contribution in [3.8, 4) is 0 Å². The van der Waals surface area contributed by atoms with Crippen molar-refractivity contribution in [3.05, 3.63) is 11.6 Å². The van der Waals surface area contributed by atoms with Crippen LogP contribution in [0.1, 0.15) is 47.5 Å². The average Bonchev–Trinajstić information content (AvgIpc) is 2.77. The molecule has 1 atom stereocenters. The first kappa shape index (κ1) is 12.0. The van der Waals surface area contributed by atoms with Gasteiger partial charge in [-0.05, 0) is 37.6 Å². The predicted octanol–water partition coefficient (Wildman–Crippen LogP) is 3.05. The summed E-state index contributed by atoms with van der Waals surface area (Å²) in [5.41, 5.74) is 1.39. The maximum atomic E-state index is 6.10. The Hall–Kier alpha value is -0.0831. The molecule has 0 aliphatic heterocycles. The van der Waals surface area contributed by atoms with Gasteiger partial charge in [-0.3, -0.25) is 0 Å². The van der Waals surface area contributed by atoms with Crippen molar-refractivity contribution in [2.75, 3.05) is 0 Å². The highest BCUT2D eigenvalue weighted by Gasteiger charge is 2.31. The van der Waals surface area contributed by atoms with Crippen molar-refractivity contribution in [1.82, 2.24) is 0 Å². The van der Waals surface area contributed by atoms with Crippen molar-refractivity contribution in [2.45, 2.75) is 58.6 Å². The Morgan fingerprint density at radius 2 is 1.93 bits per heavy atom. The molecule has 1 fully saturated rings. The van der Waals surface area contributed by atoms with Gasteiger partial charge in [0, 0.05) is 0 Å². The van der Waals surface area contributed by atoms with Crippen LogP contribution < -0.4 is 0 Å². The van der Waals surface area contributed by atoms with Gasteiger partial charge in [-0.15, -0.1) is 0 Å². The maximum Gasteiger partial charge on any atom is 0.167 e. The number of rotatable bonds is 4. The summed E-state index contributed by atoms with van der Waals surface area (Å²) in [6.07, 6.45) is 5.49. The van der Waals surface area contributed by atoms with Gasteiger partial charge in [0.2, 0.25) is 0 Å². The Morgan fingerprint density at radius 3 is 2.29 bits per heavy atom. The van der Waals surface area contributed by atoms with E-state index in [-0.39, 0.29) is 9.76 Å². The van der Waals surface area contributed by atoms with Gasteiger partial charge in [-0.1, -0.05) is 32.4 Å². The monoisotopic (exact) mass is 212 g/mol. The third-order valence-corrected chi connectivity index (χ3v) is 3.71. The van der Waals surface area contributed by atoms with Crippen molar-refractivity contribution < 1.29 is 4.43 Å². The molecular formula is C12H24OSi. The van der Waals surface area contributed by atoms with Gasteiger partial charge in [0.25, 0.3) is 0 Å². The average molecular weight is 212 g/mol. The fourth-order valence-corrected chi connectivity index (χ4v) is 2.48. The Morgan fingerprint density at radius 1 is 1.36 bits per heavy atom. The lowest BCUT2D eigenvalue weighted by Gasteiger charge is -2.22. The summed E-state index contributed by atoms with van der Waals surface area (Å²) in [6, 6.07) is 0. The van der Waals surface area contributed by atoms with Gasteiger partial charge in [-0.2, -0.15) is 0 Å². The number of allylic oxidation sites excluding steroid dienone is 1. The molecule has 82 valence electrons. The molecule has 0 N–H and O–H groups in total. The predicted molar refractivity (Wildman–Crippen MR) is 65.3 cm³/mol. The molecule has 0 heterocycles. The molecule has 0 aromatic rings. The van der Waals surface area contributed by atoms with Gasteiger partial charge >= 0.3 is 0 Å². The van der Waals surface area contributed by atoms with Crippen LogP contribution in [0.25, 0.3) is 0 Å². The van der Waals surface area contributed by atoms with E-state index in [9.17, 15) is 0 Å². The van der Waals surface area contributed by atoms with Crippen molar-refractivity contribution in [2.24, 2.45) is 5.92 Å². The van der Waals surface area contributed by atoms with E-state index >= 15 is 0 Å². The lowest BCUT2D eigenvalue weighted by Crippen LogP contribution is -2.21. The smallest absolute Gasteiger partial charge is 0.167 e. The Balaban J connectivity index is 2.40. The topological polar surface area (TPSA) is 9.23 Å². The molecule has 0 amide bonds. The third kappa shape index (κ3) is 4.96. The van der Waals surface area contributed by atoms with Crippen LogP contribution in [-0.2, 0) is 4.43 Å². The zero-order valence-electron chi connectivity index (χ0n) is 10.3. The highest BCUT2D eigenvalue weighted by Crippen LogP contribution is 2.36. The summed E-state index contributed by atoms with van der Waals surface area (Å²) in [6.45, 7) is 11.2. The molecule has 1 aliphatic rings. The molecule has 1 saturated carbocycles. The van der Waals surface area contributed by atoms with Crippen LogP contribution in [0.3, 0.4) is 0 Å². The minimum atomic E-state index is -0.388. The third-order valence-electron chi connectivity index (χ3n) is 2.29. The molecule has 1 nitrogen and oxygen atoms in total. The molecule has 0 unspecified atom stereocenters. The molecule has 14 heavy (non-hydrogen) atoms. The highest BCUT2D eigenvalue weighted by molar-refractivity contribution is 6.31. The second kappa shape index (κ2) is 4.62. The first-order valence-corrected chi connectivity index (χ1v) is 6.93. The minimum absolute atomic E-state index is 0.388. The van der Waals surface area contributed by atoms with E-state index in [0.717, 1.165) is 5.92 Å². The van der Waals surface area contributed by atoms with E-state index in [2.05, 4.69) is 40.7 Å². The van der Waals surface area contributed by atoms with E-state index in [1.165, 1.54) is 18.4 Å². The molecule has 0 bridgehead atoms. The molecule has 0 radical (unpaired) electrons. The first-order valence-electron chi connectivity index (χ1n) is 5.65. The van der Waals surface area contributed by atoms with Gasteiger partial charge in [0.05, 0.1) is 6.10 Å². The zero-order valence-corrected chi connectivity index (χ0v) is 11.7.